The maximum absolute atomic E-state index is 11.8. The van der Waals surface area contributed by atoms with Gasteiger partial charge in [-0.25, -0.2) is 14.5 Å². The Morgan fingerprint density at radius 3 is 2.82 bits per heavy atom. The van der Waals surface area contributed by atoms with E-state index >= 15 is 0 Å². The van der Waals surface area contributed by atoms with Crippen LogP contribution in [-0.4, -0.2) is 61.5 Å². The number of primary amides is 1. The summed E-state index contributed by atoms with van der Waals surface area (Å²) in [6.07, 6.45) is 1.76. The molecule has 1 aromatic carbocycles. The number of hydrogen-bond acceptors (Lipinski definition) is 9. The van der Waals surface area contributed by atoms with Crippen LogP contribution in [0, 0.1) is 0 Å². The zero-order valence-corrected chi connectivity index (χ0v) is 18.5. The normalized spacial score (nSPS) is 13.1. The summed E-state index contributed by atoms with van der Waals surface area (Å²) in [6, 6.07) is 12.2. The molecule has 0 bridgehead atoms. The summed E-state index contributed by atoms with van der Waals surface area (Å²) in [5.74, 6) is 0.435. The van der Waals surface area contributed by atoms with Crippen molar-refractivity contribution in [3.05, 3.63) is 59.4 Å². The number of nitrogens with one attached hydrogen (secondary N) is 1. The first-order valence-electron chi connectivity index (χ1n) is 10.9. The molecule has 5 rings (SSSR count). The van der Waals surface area contributed by atoms with Gasteiger partial charge in [0.1, 0.15) is 11.4 Å². The predicted octanol–water partition coefficient (Wildman–Crippen LogP) is -0.0405. The fourth-order valence-corrected chi connectivity index (χ4v) is 4.21. The van der Waals surface area contributed by atoms with Gasteiger partial charge in [-0.1, -0.05) is 35.5 Å². The molecule has 0 aliphatic carbocycles. The first-order chi connectivity index (χ1) is 16.4. The maximum Gasteiger partial charge on any atom is 0.488 e. The molecule has 4 aromatic rings. The first-order valence-corrected chi connectivity index (χ1v) is 10.9. The summed E-state index contributed by atoms with van der Waals surface area (Å²) >= 11 is 0. The van der Waals surface area contributed by atoms with Crippen molar-refractivity contribution in [2.75, 3.05) is 23.8 Å². The Labute approximate surface area is 195 Å². The van der Waals surface area contributed by atoms with E-state index in [1.807, 2.05) is 13.1 Å². The van der Waals surface area contributed by atoms with E-state index < -0.39 is 13.0 Å². The summed E-state index contributed by atoms with van der Waals surface area (Å²) in [4.78, 5) is 23.5. The molecule has 0 saturated heterocycles. The molecule has 5 N–H and O–H groups in total. The van der Waals surface area contributed by atoms with E-state index in [-0.39, 0.29) is 5.69 Å². The van der Waals surface area contributed by atoms with Gasteiger partial charge in [-0.15, -0.1) is 5.10 Å². The molecule has 12 heteroatoms. The molecule has 0 radical (unpaired) electrons. The third-order valence-electron chi connectivity index (χ3n) is 5.86. The average molecular weight is 458 g/mol. The highest BCUT2D eigenvalue weighted by Gasteiger charge is 2.24. The SMILES string of the molecule is CN1CCCc2nc(-c3nnn4c(C(N)=O)cccc34)nc(NCc3cccc(B(O)O)c3)c21. The Morgan fingerprint density at radius 2 is 2.03 bits per heavy atom. The summed E-state index contributed by atoms with van der Waals surface area (Å²) < 4.78 is 1.39. The number of carbonyl (C=O) groups excluding carboxylic acids is 1. The van der Waals surface area contributed by atoms with E-state index in [4.69, 9.17) is 15.7 Å². The van der Waals surface area contributed by atoms with Gasteiger partial charge in [-0.3, -0.25) is 4.79 Å². The average Bonchev–Trinajstić information content (AvgIpc) is 3.27. The van der Waals surface area contributed by atoms with E-state index in [0.717, 1.165) is 36.3 Å². The summed E-state index contributed by atoms with van der Waals surface area (Å²) in [5.41, 5.74) is 9.84. The lowest BCUT2D eigenvalue weighted by Crippen LogP contribution is -2.30. The highest BCUT2D eigenvalue weighted by Crippen LogP contribution is 2.34. The Kier molecular flexibility index (Phi) is 5.60. The van der Waals surface area contributed by atoms with E-state index in [2.05, 4.69) is 20.5 Å². The molecule has 34 heavy (non-hydrogen) atoms. The van der Waals surface area contributed by atoms with Crippen molar-refractivity contribution in [3.63, 3.8) is 0 Å². The number of hydrogen-bond donors (Lipinski definition) is 4. The molecule has 0 spiro atoms. The molecule has 0 saturated carbocycles. The van der Waals surface area contributed by atoms with Gasteiger partial charge >= 0.3 is 7.12 Å². The van der Waals surface area contributed by atoms with Crippen LogP contribution in [0.1, 0.15) is 28.2 Å². The van der Waals surface area contributed by atoms with Gasteiger partial charge in [-0.05, 0) is 36.0 Å². The van der Waals surface area contributed by atoms with Crippen LogP contribution in [-0.2, 0) is 13.0 Å². The van der Waals surface area contributed by atoms with Crippen molar-refractivity contribution in [3.8, 4) is 11.5 Å². The van der Waals surface area contributed by atoms with E-state index in [1.54, 1.807) is 36.4 Å². The maximum atomic E-state index is 11.8. The smallest absolute Gasteiger partial charge is 0.423 e. The van der Waals surface area contributed by atoms with Crippen LogP contribution in [0.25, 0.3) is 17.0 Å². The number of pyridine rings is 1. The Bertz CT molecular complexity index is 1390. The van der Waals surface area contributed by atoms with Crippen LogP contribution >= 0.6 is 0 Å². The van der Waals surface area contributed by atoms with Gasteiger partial charge in [0.05, 0.1) is 11.2 Å². The second-order valence-corrected chi connectivity index (χ2v) is 8.20. The van der Waals surface area contributed by atoms with E-state index in [1.165, 1.54) is 4.52 Å². The van der Waals surface area contributed by atoms with Gasteiger partial charge in [0.15, 0.2) is 17.3 Å². The van der Waals surface area contributed by atoms with Crippen molar-refractivity contribution < 1.29 is 14.8 Å². The third kappa shape index (κ3) is 3.93. The molecule has 0 fully saturated rings. The Hall–Kier alpha value is -4.03. The van der Waals surface area contributed by atoms with Crippen LogP contribution in [0.4, 0.5) is 11.5 Å². The molecule has 0 atom stereocenters. The number of benzene rings is 1. The summed E-state index contributed by atoms with van der Waals surface area (Å²) in [6.45, 7) is 1.30. The summed E-state index contributed by atoms with van der Waals surface area (Å²) in [5, 5.41) is 30.7. The highest BCUT2D eigenvalue weighted by atomic mass is 16.4. The lowest BCUT2D eigenvalue weighted by atomic mass is 9.80. The molecule has 0 unspecified atom stereocenters. The standard InChI is InChI=1S/C22H23BN8O3/c1-30-10-4-7-15-19(30)22(25-12-13-5-2-6-14(11-13)23(33)34)27-21(26-15)18-16-8-3-9-17(20(24)32)31(16)29-28-18/h2-3,5-6,8-9,11,33-34H,4,7,10,12H2,1H3,(H2,24,32)(H,25,26,27). The van der Waals surface area contributed by atoms with Gasteiger partial charge in [0.25, 0.3) is 5.91 Å². The highest BCUT2D eigenvalue weighted by molar-refractivity contribution is 6.58. The third-order valence-corrected chi connectivity index (χ3v) is 5.86. The number of anilines is 2. The molecule has 3 aromatic heterocycles. The number of aromatic nitrogens is 5. The lowest BCUT2D eigenvalue weighted by Gasteiger charge is -2.29. The molecule has 1 aliphatic rings. The van der Waals surface area contributed by atoms with Crippen LogP contribution in [0.15, 0.2) is 42.5 Å². The Morgan fingerprint density at radius 1 is 1.21 bits per heavy atom. The minimum atomic E-state index is -1.53. The summed E-state index contributed by atoms with van der Waals surface area (Å²) in [7, 11) is 0.471. The lowest BCUT2D eigenvalue weighted by molar-refractivity contribution is 0.0993. The number of aryl methyl sites for hydroxylation is 1. The monoisotopic (exact) mass is 458 g/mol. The van der Waals surface area contributed by atoms with Gasteiger partial charge < -0.3 is 26.0 Å². The van der Waals surface area contributed by atoms with E-state index in [9.17, 15) is 14.8 Å². The Balaban J connectivity index is 1.56. The molecular weight excluding hydrogens is 435 g/mol. The fourth-order valence-electron chi connectivity index (χ4n) is 4.21. The number of nitrogens with two attached hydrogens (primary N) is 1. The van der Waals surface area contributed by atoms with Crippen molar-refractivity contribution in [1.82, 2.24) is 24.8 Å². The van der Waals surface area contributed by atoms with Crippen molar-refractivity contribution in [2.45, 2.75) is 19.4 Å². The molecule has 11 nitrogen and oxygen atoms in total. The van der Waals surface area contributed by atoms with Crippen LogP contribution in [0.5, 0.6) is 0 Å². The van der Waals surface area contributed by atoms with Gasteiger partial charge in [0, 0.05) is 20.1 Å². The second kappa shape index (κ2) is 8.73. The van der Waals surface area contributed by atoms with Gasteiger partial charge in [0.2, 0.25) is 0 Å². The van der Waals surface area contributed by atoms with Crippen LogP contribution < -0.4 is 21.4 Å². The van der Waals surface area contributed by atoms with Gasteiger partial charge in [-0.2, -0.15) is 0 Å². The van der Waals surface area contributed by atoms with E-state index in [0.29, 0.717) is 34.9 Å². The fraction of sp³-hybridized carbons (Fsp3) is 0.227. The molecule has 1 amide bonds. The predicted molar refractivity (Wildman–Crippen MR) is 128 cm³/mol. The molecule has 1 aliphatic heterocycles. The second-order valence-electron chi connectivity index (χ2n) is 8.20. The zero-order chi connectivity index (χ0) is 23.8. The topological polar surface area (TPSA) is 155 Å². The molecular formula is C22H23BN8O3. The number of carbonyl (C=O) groups is 1. The number of amides is 1. The van der Waals surface area contributed by atoms with Crippen LogP contribution in [0.2, 0.25) is 0 Å². The zero-order valence-electron chi connectivity index (χ0n) is 18.5. The van der Waals surface area contributed by atoms with Crippen molar-refractivity contribution in [1.29, 1.82) is 0 Å². The van der Waals surface area contributed by atoms with Crippen molar-refractivity contribution in [2.24, 2.45) is 5.73 Å². The first kappa shape index (κ1) is 21.8. The number of fused-ring (bicyclic) bond motifs is 2. The number of nitrogens with zero attached hydrogens (tertiary/aromatic N) is 6. The molecule has 172 valence electrons. The molecule has 4 heterocycles. The van der Waals surface area contributed by atoms with Crippen LogP contribution in [0.3, 0.4) is 0 Å². The minimum Gasteiger partial charge on any atom is -0.423 e. The quantitative estimate of drug-likeness (QED) is 0.291. The largest absolute Gasteiger partial charge is 0.488 e. The van der Waals surface area contributed by atoms with Crippen molar-refractivity contribution >= 4 is 35.5 Å². The minimum absolute atomic E-state index is 0.221. The number of rotatable bonds is 6.